The summed E-state index contributed by atoms with van der Waals surface area (Å²) in [4.78, 5) is 11.6. The molecule has 1 aromatic carbocycles. The quantitative estimate of drug-likeness (QED) is 0.762. The number of halogens is 1. The number of benzene rings is 1. The average Bonchev–Trinajstić information content (AvgIpc) is 2.34. The molecule has 0 fully saturated rings. The van der Waals surface area contributed by atoms with Gasteiger partial charge in [-0.05, 0) is 18.6 Å². The number of amides is 1. The monoisotopic (exact) mass is 252 g/mol. The fraction of sp³-hybridized carbons (Fsp3) is 0.308. The fourth-order valence-electron chi connectivity index (χ4n) is 1.32. The number of hydrogen-bond acceptors (Lipinski definition) is 2. The van der Waals surface area contributed by atoms with E-state index in [0.29, 0.717) is 18.1 Å². The number of carbonyl (C=O) groups excluding carboxylic acids is 1. The number of nitrogens with one attached hydrogen (secondary N) is 2. The second-order valence-electron chi connectivity index (χ2n) is 3.73. The third kappa shape index (κ3) is 4.59. The van der Waals surface area contributed by atoms with Gasteiger partial charge in [-0.15, -0.1) is 6.58 Å². The van der Waals surface area contributed by atoms with Gasteiger partial charge in [-0.1, -0.05) is 35.9 Å². The van der Waals surface area contributed by atoms with Crippen molar-refractivity contribution in [3.05, 3.63) is 47.5 Å². The highest BCUT2D eigenvalue weighted by molar-refractivity contribution is 6.31. The van der Waals surface area contributed by atoms with Crippen LogP contribution in [0.25, 0.3) is 0 Å². The van der Waals surface area contributed by atoms with Gasteiger partial charge in [0, 0.05) is 18.1 Å². The lowest BCUT2D eigenvalue weighted by molar-refractivity contribution is -0.122. The summed E-state index contributed by atoms with van der Waals surface area (Å²) in [6.45, 7) is 6.41. The first kappa shape index (κ1) is 13.7. The molecule has 3 nitrogen and oxygen atoms in total. The molecule has 4 heteroatoms. The van der Waals surface area contributed by atoms with Crippen LogP contribution in [0.5, 0.6) is 0 Å². The van der Waals surface area contributed by atoms with E-state index >= 15 is 0 Å². The van der Waals surface area contributed by atoms with Gasteiger partial charge in [0.05, 0.1) is 6.04 Å². The van der Waals surface area contributed by atoms with Gasteiger partial charge >= 0.3 is 0 Å². The highest BCUT2D eigenvalue weighted by Crippen LogP contribution is 2.14. The average molecular weight is 253 g/mol. The third-order valence-electron chi connectivity index (χ3n) is 2.37. The molecule has 0 saturated carbocycles. The minimum atomic E-state index is -0.258. The molecule has 1 atom stereocenters. The zero-order valence-electron chi connectivity index (χ0n) is 9.87. The van der Waals surface area contributed by atoms with Crippen molar-refractivity contribution < 1.29 is 4.79 Å². The van der Waals surface area contributed by atoms with Crippen LogP contribution in [0.2, 0.25) is 5.02 Å². The molecule has 1 rings (SSSR count). The van der Waals surface area contributed by atoms with Crippen molar-refractivity contribution in [2.75, 3.05) is 6.54 Å². The molecular formula is C13H17ClN2O. The summed E-state index contributed by atoms with van der Waals surface area (Å²) in [7, 11) is 0. The molecule has 0 aliphatic rings. The molecule has 0 aromatic heterocycles. The van der Waals surface area contributed by atoms with E-state index in [4.69, 9.17) is 11.6 Å². The molecule has 0 bridgehead atoms. The van der Waals surface area contributed by atoms with Crippen molar-refractivity contribution >= 4 is 17.5 Å². The normalized spacial score (nSPS) is 11.9. The van der Waals surface area contributed by atoms with E-state index in [1.165, 1.54) is 0 Å². The van der Waals surface area contributed by atoms with E-state index in [0.717, 1.165) is 5.56 Å². The summed E-state index contributed by atoms with van der Waals surface area (Å²) in [6.07, 6.45) is 1.65. The van der Waals surface area contributed by atoms with Crippen molar-refractivity contribution in [3.8, 4) is 0 Å². The van der Waals surface area contributed by atoms with Crippen molar-refractivity contribution in [1.29, 1.82) is 0 Å². The lowest BCUT2D eigenvalue weighted by Crippen LogP contribution is -2.41. The summed E-state index contributed by atoms with van der Waals surface area (Å²) in [5, 5.41) is 6.56. The summed E-state index contributed by atoms with van der Waals surface area (Å²) < 4.78 is 0. The number of hydrogen-bond donors (Lipinski definition) is 2. The van der Waals surface area contributed by atoms with E-state index in [1.807, 2.05) is 31.2 Å². The largest absolute Gasteiger partial charge is 0.351 e. The number of rotatable bonds is 6. The molecule has 0 heterocycles. The second-order valence-corrected chi connectivity index (χ2v) is 4.14. The van der Waals surface area contributed by atoms with Crippen molar-refractivity contribution in [1.82, 2.24) is 10.6 Å². The van der Waals surface area contributed by atoms with Crippen molar-refractivity contribution in [3.63, 3.8) is 0 Å². The maximum absolute atomic E-state index is 11.6. The van der Waals surface area contributed by atoms with E-state index in [9.17, 15) is 4.79 Å². The van der Waals surface area contributed by atoms with Gasteiger partial charge < -0.3 is 10.6 Å². The lowest BCUT2D eigenvalue weighted by atomic mass is 10.2. The molecule has 1 aromatic rings. The molecule has 0 spiro atoms. The van der Waals surface area contributed by atoms with Gasteiger partial charge in [-0.25, -0.2) is 0 Å². The fourth-order valence-corrected chi connectivity index (χ4v) is 1.53. The molecule has 0 aliphatic heterocycles. The van der Waals surface area contributed by atoms with Gasteiger partial charge in [0.2, 0.25) is 5.91 Å². The van der Waals surface area contributed by atoms with Gasteiger partial charge in [-0.3, -0.25) is 4.79 Å². The van der Waals surface area contributed by atoms with Crippen LogP contribution >= 0.6 is 11.6 Å². The Bertz CT molecular complexity index is 393. The van der Waals surface area contributed by atoms with Crippen LogP contribution in [0.15, 0.2) is 36.9 Å². The Hall–Kier alpha value is -1.32. The molecule has 92 valence electrons. The predicted molar refractivity (Wildman–Crippen MR) is 71.0 cm³/mol. The Morgan fingerprint density at radius 3 is 2.88 bits per heavy atom. The second kappa shape index (κ2) is 7.09. The summed E-state index contributed by atoms with van der Waals surface area (Å²) in [6, 6.07) is 7.31. The Morgan fingerprint density at radius 1 is 1.53 bits per heavy atom. The maximum Gasteiger partial charge on any atom is 0.237 e. The molecule has 0 saturated heterocycles. The standard InChI is InChI=1S/C13H17ClN2O/c1-3-8-15-13(17)10(2)16-9-11-6-4-5-7-12(11)14/h3-7,10,16H,1,8-9H2,2H3,(H,15,17). The van der Waals surface area contributed by atoms with E-state index in [2.05, 4.69) is 17.2 Å². The van der Waals surface area contributed by atoms with Gasteiger partial charge in [-0.2, -0.15) is 0 Å². The molecule has 1 unspecified atom stereocenters. The van der Waals surface area contributed by atoms with Crippen LogP contribution in [0, 0.1) is 0 Å². The number of carbonyl (C=O) groups is 1. The Kier molecular flexibility index (Phi) is 5.73. The minimum Gasteiger partial charge on any atom is -0.351 e. The van der Waals surface area contributed by atoms with Gasteiger partial charge in [0.15, 0.2) is 0 Å². The first-order chi connectivity index (χ1) is 8.15. The molecule has 1 amide bonds. The zero-order valence-corrected chi connectivity index (χ0v) is 10.6. The van der Waals surface area contributed by atoms with Crippen LogP contribution in [-0.4, -0.2) is 18.5 Å². The van der Waals surface area contributed by atoms with Crippen LogP contribution in [-0.2, 0) is 11.3 Å². The van der Waals surface area contributed by atoms with E-state index in [1.54, 1.807) is 6.08 Å². The van der Waals surface area contributed by atoms with Crippen LogP contribution in [0.1, 0.15) is 12.5 Å². The zero-order chi connectivity index (χ0) is 12.7. The maximum atomic E-state index is 11.6. The third-order valence-corrected chi connectivity index (χ3v) is 2.74. The first-order valence-electron chi connectivity index (χ1n) is 5.50. The minimum absolute atomic E-state index is 0.0445. The molecule has 17 heavy (non-hydrogen) atoms. The SMILES string of the molecule is C=CCNC(=O)C(C)NCc1ccccc1Cl. The Balaban J connectivity index is 2.42. The summed E-state index contributed by atoms with van der Waals surface area (Å²) >= 11 is 6.02. The van der Waals surface area contributed by atoms with Crippen LogP contribution in [0.3, 0.4) is 0 Å². The smallest absolute Gasteiger partial charge is 0.237 e. The van der Waals surface area contributed by atoms with Crippen LogP contribution < -0.4 is 10.6 Å². The molecule has 2 N–H and O–H groups in total. The van der Waals surface area contributed by atoms with Gasteiger partial charge in [0.1, 0.15) is 0 Å². The predicted octanol–water partition coefficient (Wildman–Crippen LogP) is 2.12. The summed E-state index contributed by atoms with van der Waals surface area (Å²) in [5.41, 5.74) is 0.984. The Morgan fingerprint density at radius 2 is 2.24 bits per heavy atom. The lowest BCUT2D eigenvalue weighted by Gasteiger charge is -2.13. The van der Waals surface area contributed by atoms with E-state index in [-0.39, 0.29) is 11.9 Å². The van der Waals surface area contributed by atoms with Crippen LogP contribution in [0.4, 0.5) is 0 Å². The highest BCUT2D eigenvalue weighted by atomic mass is 35.5. The molecular weight excluding hydrogens is 236 g/mol. The highest BCUT2D eigenvalue weighted by Gasteiger charge is 2.11. The Labute approximate surface area is 107 Å². The topological polar surface area (TPSA) is 41.1 Å². The van der Waals surface area contributed by atoms with E-state index < -0.39 is 0 Å². The molecule has 0 radical (unpaired) electrons. The first-order valence-corrected chi connectivity index (χ1v) is 5.88. The summed E-state index contributed by atoms with van der Waals surface area (Å²) in [5.74, 6) is -0.0445. The van der Waals surface area contributed by atoms with Crippen molar-refractivity contribution in [2.24, 2.45) is 0 Å². The van der Waals surface area contributed by atoms with Crippen molar-refractivity contribution in [2.45, 2.75) is 19.5 Å². The van der Waals surface area contributed by atoms with Gasteiger partial charge in [0.25, 0.3) is 0 Å². The molecule has 0 aliphatic carbocycles.